The zero-order chi connectivity index (χ0) is 18.0. The lowest BCUT2D eigenvalue weighted by Gasteiger charge is -2.18. The van der Waals surface area contributed by atoms with Crippen molar-refractivity contribution in [2.24, 2.45) is 0 Å². The standard InChI is InChI=1S/C15H25N3O4S2/c1-4-18(5-2)24(20,21)13-7-8-15(17-11-13)23-12-14(19)16-9-6-10-22-3/h7-8,11H,4-6,9-10,12H2,1-3H3,(H,16,19). The topological polar surface area (TPSA) is 88.6 Å². The van der Waals surface area contributed by atoms with Gasteiger partial charge in [-0.3, -0.25) is 4.79 Å². The highest BCUT2D eigenvalue weighted by molar-refractivity contribution is 7.99. The largest absolute Gasteiger partial charge is 0.385 e. The first-order valence-electron chi connectivity index (χ1n) is 7.80. The normalized spacial score (nSPS) is 11.7. The average Bonchev–Trinajstić information content (AvgIpc) is 2.58. The van der Waals surface area contributed by atoms with Gasteiger partial charge in [0.15, 0.2) is 0 Å². The number of methoxy groups -OCH3 is 1. The maximum atomic E-state index is 12.3. The highest BCUT2D eigenvalue weighted by Gasteiger charge is 2.21. The van der Waals surface area contributed by atoms with Crippen LogP contribution in [0.1, 0.15) is 20.3 Å². The van der Waals surface area contributed by atoms with Crippen LogP contribution in [0.5, 0.6) is 0 Å². The van der Waals surface area contributed by atoms with E-state index in [1.165, 1.54) is 28.3 Å². The second kappa shape index (κ2) is 10.7. The van der Waals surface area contributed by atoms with Crippen molar-refractivity contribution in [2.75, 3.05) is 39.1 Å². The predicted octanol–water partition coefficient (Wildman–Crippen LogP) is 1.36. The fourth-order valence-electron chi connectivity index (χ4n) is 1.95. The Morgan fingerprint density at radius 3 is 2.58 bits per heavy atom. The molecular weight excluding hydrogens is 350 g/mol. The van der Waals surface area contributed by atoms with Crippen LogP contribution in [-0.2, 0) is 19.6 Å². The maximum Gasteiger partial charge on any atom is 0.244 e. The maximum absolute atomic E-state index is 12.3. The van der Waals surface area contributed by atoms with Crippen LogP contribution in [-0.4, -0.2) is 62.7 Å². The number of amides is 1. The molecule has 0 aliphatic heterocycles. The number of nitrogens with one attached hydrogen (secondary N) is 1. The Balaban J connectivity index is 2.55. The van der Waals surface area contributed by atoms with E-state index in [0.29, 0.717) is 31.3 Å². The molecule has 9 heteroatoms. The minimum Gasteiger partial charge on any atom is -0.385 e. The van der Waals surface area contributed by atoms with E-state index in [2.05, 4.69) is 10.3 Å². The number of sulfonamides is 1. The van der Waals surface area contributed by atoms with Crippen molar-refractivity contribution < 1.29 is 17.9 Å². The fourth-order valence-corrected chi connectivity index (χ4v) is 4.03. The van der Waals surface area contributed by atoms with E-state index in [1.807, 2.05) is 0 Å². The third-order valence-corrected chi connectivity index (χ3v) is 6.23. The van der Waals surface area contributed by atoms with E-state index in [4.69, 9.17) is 4.74 Å². The number of nitrogens with zero attached hydrogens (tertiary/aromatic N) is 2. The van der Waals surface area contributed by atoms with E-state index >= 15 is 0 Å². The molecule has 0 radical (unpaired) electrons. The number of rotatable bonds is 11. The van der Waals surface area contributed by atoms with E-state index in [9.17, 15) is 13.2 Å². The molecule has 1 heterocycles. The Morgan fingerprint density at radius 1 is 1.33 bits per heavy atom. The van der Waals surface area contributed by atoms with Crippen LogP contribution in [0.15, 0.2) is 28.3 Å². The van der Waals surface area contributed by atoms with Gasteiger partial charge in [-0.2, -0.15) is 4.31 Å². The van der Waals surface area contributed by atoms with Crippen molar-refractivity contribution in [3.63, 3.8) is 0 Å². The summed E-state index contributed by atoms with van der Waals surface area (Å²) in [7, 11) is -1.88. The minimum atomic E-state index is -3.50. The summed E-state index contributed by atoms with van der Waals surface area (Å²) in [6, 6.07) is 3.15. The number of aromatic nitrogens is 1. The summed E-state index contributed by atoms with van der Waals surface area (Å²) in [4.78, 5) is 16.0. The van der Waals surface area contributed by atoms with Gasteiger partial charge in [0, 0.05) is 39.5 Å². The van der Waals surface area contributed by atoms with Gasteiger partial charge in [0.25, 0.3) is 0 Å². The van der Waals surface area contributed by atoms with Crippen LogP contribution < -0.4 is 5.32 Å². The molecule has 0 spiro atoms. The lowest BCUT2D eigenvalue weighted by Crippen LogP contribution is -2.30. The third-order valence-electron chi connectivity index (χ3n) is 3.25. The molecule has 0 unspecified atom stereocenters. The molecule has 1 rings (SSSR count). The number of thioether (sulfide) groups is 1. The van der Waals surface area contributed by atoms with Gasteiger partial charge in [0.05, 0.1) is 10.8 Å². The number of ether oxygens (including phenoxy) is 1. The number of pyridine rings is 1. The first-order valence-corrected chi connectivity index (χ1v) is 10.2. The summed E-state index contributed by atoms with van der Waals surface area (Å²) in [6.45, 7) is 5.60. The zero-order valence-corrected chi connectivity index (χ0v) is 16.0. The van der Waals surface area contributed by atoms with Crippen LogP contribution in [0.4, 0.5) is 0 Å². The van der Waals surface area contributed by atoms with Crippen LogP contribution in [0.25, 0.3) is 0 Å². The Bertz CT molecular complexity index is 602. The Kier molecular flexibility index (Phi) is 9.27. The van der Waals surface area contributed by atoms with Crippen molar-refractivity contribution in [1.29, 1.82) is 0 Å². The number of hydrogen-bond donors (Lipinski definition) is 1. The second-order valence-corrected chi connectivity index (χ2v) is 7.84. The van der Waals surface area contributed by atoms with Crippen molar-refractivity contribution >= 4 is 27.7 Å². The van der Waals surface area contributed by atoms with Gasteiger partial charge in [0.1, 0.15) is 4.90 Å². The molecule has 0 aliphatic rings. The van der Waals surface area contributed by atoms with Crippen LogP contribution >= 0.6 is 11.8 Å². The second-order valence-electron chi connectivity index (χ2n) is 4.91. The molecule has 0 aromatic carbocycles. The van der Waals surface area contributed by atoms with Crippen LogP contribution in [0, 0.1) is 0 Å². The van der Waals surface area contributed by atoms with Gasteiger partial charge < -0.3 is 10.1 Å². The molecule has 7 nitrogen and oxygen atoms in total. The highest BCUT2D eigenvalue weighted by Crippen LogP contribution is 2.19. The average molecular weight is 376 g/mol. The summed E-state index contributed by atoms with van der Waals surface area (Å²) in [6.07, 6.45) is 2.11. The summed E-state index contributed by atoms with van der Waals surface area (Å²) in [5, 5.41) is 3.40. The molecule has 0 saturated heterocycles. The van der Waals surface area contributed by atoms with Gasteiger partial charge in [-0.05, 0) is 18.6 Å². The van der Waals surface area contributed by atoms with Crippen LogP contribution in [0.3, 0.4) is 0 Å². The highest BCUT2D eigenvalue weighted by atomic mass is 32.2. The molecule has 1 aromatic rings. The third kappa shape index (κ3) is 6.39. The lowest BCUT2D eigenvalue weighted by molar-refractivity contribution is -0.118. The summed E-state index contributed by atoms with van der Waals surface area (Å²) < 4.78 is 31.0. The molecule has 1 amide bonds. The molecule has 0 atom stereocenters. The summed E-state index contributed by atoms with van der Waals surface area (Å²) in [5.74, 6) is 0.153. The minimum absolute atomic E-state index is 0.0854. The number of carbonyl (C=O) groups excluding carboxylic acids is 1. The zero-order valence-electron chi connectivity index (χ0n) is 14.3. The van der Waals surface area contributed by atoms with Crippen molar-refractivity contribution in [2.45, 2.75) is 30.2 Å². The molecule has 1 N–H and O–H groups in total. The van der Waals surface area contributed by atoms with E-state index in [1.54, 1.807) is 27.0 Å². The molecule has 136 valence electrons. The van der Waals surface area contributed by atoms with Crippen molar-refractivity contribution in [3.8, 4) is 0 Å². The smallest absolute Gasteiger partial charge is 0.244 e. The van der Waals surface area contributed by atoms with Crippen LogP contribution in [0.2, 0.25) is 0 Å². The number of hydrogen-bond acceptors (Lipinski definition) is 6. The van der Waals surface area contributed by atoms with Gasteiger partial charge >= 0.3 is 0 Å². The molecule has 0 bridgehead atoms. The molecular formula is C15H25N3O4S2. The Morgan fingerprint density at radius 2 is 2.04 bits per heavy atom. The fraction of sp³-hybridized carbons (Fsp3) is 0.600. The van der Waals surface area contributed by atoms with E-state index in [-0.39, 0.29) is 16.6 Å². The van der Waals surface area contributed by atoms with E-state index in [0.717, 1.165) is 6.42 Å². The van der Waals surface area contributed by atoms with Gasteiger partial charge in [0.2, 0.25) is 15.9 Å². The summed E-state index contributed by atoms with van der Waals surface area (Å²) in [5.41, 5.74) is 0. The van der Waals surface area contributed by atoms with E-state index < -0.39 is 10.0 Å². The number of carbonyl (C=O) groups is 1. The first kappa shape index (κ1) is 20.9. The molecule has 0 saturated carbocycles. The quantitative estimate of drug-likeness (QED) is 0.464. The summed E-state index contributed by atoms with van der Waals surface area (Å²) >= 11 is 1.27. The lowest BCUT2D eigenvalue weighted by atomic mass is 10.4. The first-order chi connectivity index (χ1) is 11.5. The van der Waals surface area contributed by atoms with Crippen molar-refractivity contribution in [1.82, 2.24) is 14.6 Å². The molecule has 0 fully saturated rings. The Hall–Kier alpha value is -1.16. The van der Waals surface area contributed by atoms with Gasteiger partial charge in [-0.1, -0.05) is 25.6 Å². The molecule has 0 aliphatic carbocycles. The monoisotopic (exact) mass is 375 g/mol. The molecule has 1 aromatic heterocycles. The molecule has 24 heavy (non-hydrogen) atoms. The van der Waals surface area contributed by atoms with Gasteiger partial charge in [-0.15, -0.1) is 0 Å². The van der Waals surface area contributed by atoms with Gasteiger partial charge in [-0.25, -0.2) is 13.4 Å². The van der Waals surface area contributed by atoms with Crippen molar-refractivity contribution in [3.05, 3.63) is 18.3 Å². The predicted molar refractivity (Wildman–Crippen MR) is 94.6 cm³/mol. The SMILES string of the molecule is CCN(CC)S(=O)(=O)c1ccc(SCC(=O)NCCCOC)nc1. The Labute approximate surface area is 148 Å².